The number of fused-ring (bicyclic) bond motifs is 2. The number of hydrogen-bond acceptors (Lipinski definition) is 9. The number of methoxy groups -OCH3 is 3. The molecule has 0 spiro atoms. The average Bonchev–Trinajstić information content (AvgIpc) is 3.34. The fourth-order valence-corrected chi connectivity index (χ4v) is 5.12. The summed E-state index contributed by atoms with van der Waals surface area (Å²) in [6.45, 7) is 0. The number of benzene rings is 3. The van der Waals surface area contributed by atoms with Gasteiger partial charge in [-0.3, -0.25) is 0 Å². The Bertz CT molecular complexity index is 1610. The molecule has 0 amide bonds. The molecule has 0 fully saturated rings. The molecule has 0 bridgehead atoms. The summed E-state index contributed by atoms with van der Waals surface area (Å²) in [6.07, 6.45) is 4.71. The van der Waals surface area contributed by atoms with Crippen molar-refractivity contribution in [1.29, 1.82) is 0 Å². The maximum Gasteiger partial charge on any atom is 0.241 e. The Balaban J connectivity index is 1.38. The van der Waals surface area contributed by atoms with Crippen LogP contribution < -0.4 is 24.8 Å². The van der Waals surface area contributed by atoms with Crippen LogP contribution in [0.15, 0.2) is 67.0 Å². The molecule has 0 radical (unpaired) electrons. The summed E-state index contributed by atoms with van der Waals surface area (Å²) in [7, 11) is 4.72. The lowest BCUT2D eigenvalue weighted by molar-refractivity contribution is 0.324. The van der Waals surface area contributed by atoms with Gasteiger partial charge in [0, 0.05) is 17.8 Å². The van der Waals surface area contributed by atoms with Gasteiger partial charge in [-0.2, -0.15) is 4.98 Å². The van der Waals surface area contributed by atoms with Crippen molar-refractivity contribution in [3.05, 3.63) is 78.1 Å². The molecule has 5 aromatic rings. The van der Waals surface area contributed by atoms with Crippen LogP contribution in [0.5, 0.6) is 17.2 Å². The quantitative estimate of drug-likeness (QED) is 0.274. The van der Waals surface area contributed by atoms with Crippen molar-refractivity contribution < 1.29 is 14.2 Å². The molecule has 10 nitrogen and oxygen atoms in total. The molecule has 10 heteroatoms. The molecule has 1 aliphatic carbocycles. The van der Waals surface area contributed by atoms with E-state index in [1.165, 1.54) is 17.5 Å². The molecule has 2 heterocycles. The first-order valence-electron chi connectivity index (χ1n) is 12.8. The van der Waals surface area contributed by atoms with Crippen molar-refractivity contribution in [2.75, 3.05) is 32.0 Å². The summed E-state index contributed by atoms with van der Waals surface area (Å²) in [6, 6.07) is 20.3. The number of rotatable bonds is 8. The van der Waals surface area contributed by atoms with Crippen LogP contribution in [0.2, 0.25) is 0 Å². The fourth-order valence-electron chi connectivity index (χ4n) is 5.12. The van der Waals surface area contributed by atoms with Crippen molar-refractivity contribution >= 4 is 28.6 Å². The Kier molecular flexibility index (Phi) is 6.58. The van der Waals surface area contributed by atoms with Crippen molar-refractivity contribution in [3.8, 4) is 23.2 Å². The summed E-state index contributed by atoms with van der Waals surface area (Å²) < 4.78 is 18.3. The Morgan fingerprint density at radius 2 is 1.64 bits per heavy atom. The van der Waals surface area contributed by atoms with Gasteiger partial charge in [0.15, 0.2) is 11.5 Å². The van der Waals surface area contributed by atoms with Crippen LogP contribution >= 0.6 is 0 Å². The predicted octanol–water partition coefficient (Wildman–Crippen LogP) is 5.47. The normalized spacial score (nSPS) is 14.5. The zero-order valence-corrected chi connectivity index (χ0v) is 22.0. The van der Waals surface area contributed by atoms with E-state index in [4.69, 9.17) is 24.2 Å². The average molecular weight is 524 g/mol. The minimum absolute atomic E-state index is 0.143. The van der Waals surface area contributed by atoms with E-state index in [1.807, 2.05) is 28.8 Å². The van der Waals surface area contributed by atoms with Crippen molar-refractivity contribution in [1.82, 2.24) is 24.5 Å². The SMILES string of the molecule is COc1cc(Nc2ncnc(-n3c(NC4CCCc5ccccc54)nc4ccccc43)n2)cc(OC)c1OC. The van der Waals surface area contributed by atoms with Gasteiger partial charge in [0.05, 0.1) is 38.4 Å². The summed E-state index contributed by atoms with van der Waals surface area (Å²) in [5.41, 5.74) is 5.11. The Morgan fingerprint density at radius 3 is 2.44 bits per heavy atom. The van der Waals surface area contributed by atoms with Crippen molar-refractivity contribution in [3.63, 3.8) is 0 Å². The Hall–Kier alpha value is -4.86. The van der Waals surface area contributed by atoms with Crippen LogP contribution in [-0.4, -0.2) is 45.8 Å². The number of imidazole rings is 1. The van der Waals surface area contributed by atoms with Gasteiger partial charge in [-0.1, -0.05) is 36.4 Å². The molecule has 3 aromatic carbocycles. The summed E-state index contributed by atoms with van der Waals surface area (Å²) in [4.78, 5) is 18.5. The zero-order valence-electron chi connectivity index (χ0n) is 22.0. The molecule has 39 heavy (non-hydrogen) atoms. The van der Waals surface area contributed by atoms with Gasteiger partial charge in [0.1, 0.15) is 6.33 Å². The predicted molar refractivity (Wildman–Crippen MR) is 150 cm³/mol. The first-order chi connectivity index (χ1) is 19.2. The van der Waals surface area contributed by atoms with Crippen molar-refractivity contribution in [2.45, 2.75) is 25.3 Å². The van der Waals surface area contributed by atoms with Crippen LogP contribution in [0, 0.1) is 0 Å². The largest absolute Gasteiger partial charge is 0.493 e. The van der Waals surface area contributed by atoms with Gasteiger partial charge in [0.2, 0.25) is 23.6 Å². The van der Waals surface area contributed by atoms with Gasteiger partial charge in [0.25, 0.3) is 0 Å². The molecule has 0 saturated heterocycles. The number of para-hydroxylation sites is 2. The highest BCUT2D eigenvalue weighted by Crippen LogP contribution is 2.40. The fraction of sp³-hybridized carbons (Fsp3) is 0.241. The van der Waals surface area contributed by atoms with E-state index in [1.54, 1.807) is 33.5 Å². The van der Waals surface area contributed by atoms with Gasteiger partial charge in [-0.25, -0.2) is 19.5 Å². The van der Waals surface area contributed by atoms with E-state index >= 15 is 0 Å². The monoisotopic (exact) mass is 523 g/mol. The highest BCUT2D eigenvalue weighted by atomic mass is 16.5. The standard InChI is InChI=1S/C29H29N7O3/c1-37-24-15-19(16-25(38-2)26(24)39-3)32-27-30-17-31-28(35-27)36-23-14-7-6-12-22(23)34-29(36)33-21-13-8-10-18-9-4-5-11-20(18)21/h4-7,9,11-12,14-17,21H,8,10,13H2,1-3H3,(H,33,34)(H,30,31,32,35). The van der Waals surface area contributed by atoms with E-state index in [-0.39, 0.29) is 6.04 Å². The third-order valence-electron chi connectivity index (χ3n) is 6.91. The van der Waals surface area contributed by atoms with Crippen LogP contribution in [-0.2, 0) is 6.42 Å². The molecule has 1 unspecified atom stereocenters. The second kappa shape index (κ2) is 10.5. The second-order valence-electron chi connectivity index (χ2n) is 9.20. The molecule has 6 rings (SSSR count). The van der Waals surface area contributed by atoms with Crippen LogP contribution in [0.4, 0.5) is 17.6 Å². The molecule has 0 saturated carbocycles. The third-order valence-corrected chi connectivity index (χ3v) is 6.91. The van der Waals surface area contributed by atoms with Crippen LogP contribution in [0.25, 0.3) is 17.0 Å². The van der Waals surface area contributed by atoms with Gasteiger partial charge >= 0.3 is 0 Å². The molecule has 1 atom stereocenters. The number of aromatic nitrogens is 5. The van der Waals surface area contributed by atoms with Crippen LogP contribution in [0.1, 0.15) is 30.0 Å². The highest BCUT2D eigenvalue weighted by molar-refractivity contribution is 5.80. The van der Waals surface area contributed by atoms with E-state index in [0.29, 0.717) is 40.8 Å². The number of anilines is 3. The van der Waals surface area contributed by atoms with E-state index < -0.39 is 0 Å². The third kappa shape index (κ3) is 4.65. The lowest BCUT2D eigenvalue weighted by Gasteiger charge is -2.26. The highest BCUT2D eigenvalue weighted by Gasteiger charge is 2.23. The number of ether oxygens (including phenoxy) is 3. The summed E-state index contributed by atoms with van der Waals surface area (Å²) in [5, 5.41) is 6.93. The molecule has 2 N–H and O–H groups in total. The lowest BCUT2D eigenvalue weighted by atomic mass is 9.88. The number of nitrogens with one attached hydrogen (secondary N) is 2. The molecular weight excluding hydrogens is 494 g/mol. The van der Waals surface area contributed by atoms with Gasteiger partial charge < -0.3 is 24.8 Å². The molecule has 1 aliphatic rings. The maximum absolute atomic E-state index is 5.48. The zero-order chi connectivity index (χ0) is 26.8. The van der Waals surface area contributed by atoms with Gasteiger partial charge in [-0.15, -0.1) is 0 Å². The summed E-state index contributed by atoms with van der Waals surface area (Å²) >= 11 is 0. The molecule has 198 valence electrons. The first kappa shape index (κ1) is 24.5. The van der Waals surface area contributed by atoms with Crippen LogP contribution in [0.3, 0.4) is 0 Å². The summed E-state index contributed by atoms with van der Waals surface area (Å²) in [5.74, 6) is 3.04. The lowest BCUT2D eigenvalue weighted by Crippen LogP contribution is -2.19. The maximum atomic E-state index is 5.48. The molecule has 2 aromatic heterocycles. The minimum atomic E-state index is 0.143. The topological polar surface area (TPSA) is 108 Å². The Labute approximate surface area is 226 Å². The van der Waals surface area contributed by atoms with E-state index in [9.17, 15) is 0 Å². The number of hydrogen-bond donors (Lipinski definition) is 2. The van der Waals surface area contributed by atoms with E-state index in [2.05, 4.69) is 44.9 Å². The minimum Gasteiger partial charge on any atom is -0.493 e. The molecular formula is C29H29N7O3. The first-order valence-corrected chi connectivity index (χ1v) is 12.8. The number of aryl methyl sites for hydroxylation is 1. The van der Waals surface area contributed by atoms with Gasteiger partial charge in [-0.05, 0) is 42.5 Å². The Morgan fingerprint density at radius 1 is 0.872 bits per heavy atom. The smallest absolute Gasteiger partial charge is 0.241 e. The number of nitrogens with zero attached hydrogens (tertiary/aromatic N) is 5. The van der Waals surface area contributed by atoms with Crippen molar-refractivity contribution in [2.24, 2.45) is 0 Å². The molecule has 0 aliphatic heterocycles. The van der Waals surface area contributed by atoms with E-state index in [0.717, 1.165) is 30.3 Å². The second-order valence-corrected chi connectivity index (χ2v) is 9.20.